The second kappa shape index (κ2) is 8.36. The third kappa shape index (κ3) is 4.40. The van der Waals surface area contributed by atoms with Gasteiger partial charge < -0.3 is 19.6 Å². The Morgan fingerprint density at radius 2 is 2.12 bits per heavy atom. The van der Waals surface area contributed by atoms with Crippen LogP contribution >= 0.6 is 0 Å². The zero-order chi connectivity index (χ0) is 17.7. The molecule has 0 aromatic carbocycles. The average molecular weight is 338 g/mol. The minimum atomic E-state index is -0.251. The lowest BCUT2D eigenvalue weighted by Gasteiger charge is -2.23. The van der Waals surface area contributed by atoms with Gasteiger partial charge >= 0.3 is 0 Å². The van der Waals surface area contributed by atoms with Crippen molar-refractivity contribution >= 4 is 5.91 Å². The van der Waals surface area contributed by atoms with E-state index >= 15 is 0 Å². The summed E-state index contributed by atoms with van der Waals surface area (Å²) in [4.78, 5) is 27.9. The molecule has 1 aliphatic rings. The maximum Gasteiger partial charge on any atom is 0.274 e. The van der Waals surface area contributed by atoms with Crippen molar-refractivity contribution < 1.29 is 14.6 Å². The van der Waals surface area contributed by atoms with Gasteiger partial charge in [0.2, 0.25) is 0 Å². The number of rotatable bonds is 7. The van der Waals surface area contributed by atoms with E-state index in [0.29, 0.717) is 19.7 Å². The average Bonchev–Trinajstić information content (AvgIpc) is 2.97. The van der Waals surface area contributed by atoms with Gasteiger partial charge in [-0.1, -0.05) is 0 Å². The van der Waals surface area contributed by atoms with Gasteiger partial charge in [0.1, 0.15) is 5.69 Å². The molecule has 24 heavy (non-hydrogen) atoms. The highest BCUT2D eigenvalue weighted by molar-refractivity contribution is 5.92. The molecule has 8 heteroatoms. The smallest absolute Gasteiger partial charge is 0.274 e. The van der Waals surface area contributed by atoms with Gasteiger partial charge in [-0.2, -0.15) is 5.10 Å². The van der Waals surface area contributed by atoms with Crippen LogP contribution in [0.15, 0.2) is 16.9 Å². The number of methoxy groups -OCH3 is 1. The lowest BCUT2D eigenvalue weighted by Crippen LogP contribution is -2.34. The molecule has 0 aliphatic carbocycles. The number of aliphatic hydroxyl groups is 1. The van der Waals surface area contributed by atoms with E-state index in [9.17, 15) is 14.7 Å². The number of aryl methyl sites for hydroxylation is 1. The molecular formula is C16H26N4O4. The topological polar surface area (TPSA) is 87.9 Å². The van der Waals surface area contributed by atoms with Gasteiger partial charge in [-0.05, 0) is 19.0 Å². The predicted octanol–water partition coefficient (Wildman–Crippen LogP) is -0.961. The number of aliphatic hydroxyl groups excluding tert-OH is 1. The van der Waals surface area contributed by atoms with Crippen LogP contribution in [-0.2, 0) is 11.8 Å². The van der Waals surface area contributed by atoms with Crippen LogP contribution in [0.3, 0.4) is 0 Å². The van der Waals surface area contributed by atoms with Gasteiger partial charge in [0.25, 0.3) is 11.5 Å². The fourth-order valence-electron chi connectivity index (χ4n) is 3.04. The summed E-state index contributed by atoms with van der Waals surface area (Å²) in [6.07, 6.45) is 0. The molecule has 1 fully saturated rings. The predicted molar refractivity (Wildman–Crippen MR) is 88.8 cm³/mol. The third-order valence-electron chi connectivity index (χ3n) is 4.50. The molecule has 1 saturated heterocycles. The van der Waals surface area contributed by atoms with Crippen molar-refractivity contribution in [2.24, 2.45) is 18.9 Å². The van der Waals surface area contributed by atoms with Crippen LogP contribution in [0.1, 0.15) is 10.5 Å². The van der Waals surface area contributed by atoms with Crippen LogP contribution in [0, 0.1) is 11.8 Å². The Kier molecular flexibility index (Phi) is 6.47. The molecule has 0 radical (unpaired) electrons. The number of hydrogen-bond donors (Lipinski definition) is 1. The monoisotopic (exact) mass is 338 g/mol. The molecule has 1 N–H and O–H groups in total. The van der Waals surface area contributed by atoms with Gasteiger partial charge in [-0.25, -0.2) is 4.68 Å². The van der Waals surface area contributed by atoms with Gasteiger partial charge in [0, 0.05) is 58.9 Å². The van der Waals surface area contributed by atoms with E-state index < -0.39 is 0 Å². The van der Waals surface area contributed by atoms with Crippen LogP contribution in [-0.4, -0.2) is 84.1 Å². The molecule has 134 valence electrons. The summed E-state index contributed by atoms with van der Waals surface area (Å²) in [5.74, 6) is 0.0471. The number of likely N-dealkylation sites (N-methyl/N-ethyl adjacent to an activating group) is 1. The number of carbonyl (C=O) groups excluding carboxylic acids is 1. The van der Waals surface area contributed by atoms with E-state index in [4.69, 9.17) is 4.74 Å². The van der Waals surface area contributed by atoms with E-state index in [-0.39, 0.29) is 35.6 Å². The van der Waals surface area contributed by atoms with E-state index in [2.05, 4.69) is 10.00 Å². The molecule has 0 spiro atoms. The highest BCUT2D eigenvalue weighted by Gasteiger charge is 2.36. The third-order valence-corrected chi connectivity index (χ3v) is 4.50. The van der Waals surface area contributed by atoms with Gasteiger partial charge in [-0.15, -0.1) is 0 Å². The highest BCUT2D eigenvalue weighted by Crippen LogP contribution is 2.25. The van der Waals surface area contributed by atoms with Crippen LogP contribution < -0.4 is 5.56 Å². The first-order valence-electron chi connectivity index (χ1n) is 8.08. The largest absolute Gasteiger partial charge is 0.396 e. The van der Waals surface area contributed by atoms with Crippen molar-refractivity contribution in [3.8, 4) is 0 Å². The van der Waals surface area contributed by atoms with Crippen LogP contribution in [0.5, 0.6) is 0 Å². The Hall–Kier alpha value is -1.77. The number of hydrogen-bond acceptors (Lipinski definition) is 6. The molecule has 2 heterocycles. The fraction of sp³-hybridized carbons (Fsp3) is 0.688. The Bertz CT molecular complexity index is 618. The van der Waals surface area contributed by atoms with Crippen molar-refractivity contribution in [1.82, 2.24) is 19.6 Å². The van der Waals surface area contributed by atoms with Crippen molar-refractivity contribution in [2.45, 2.75) is 0 Å². The normalized spacial score (nSPS) is 20.8. The number of amides is 1. The maximum absolute atomic E-state index is 12.6. The molecule has 1 amide bonds. The minimum Gasteiger partial charge on any atom is -0.396 e. The number of nitrogens with zero attached hydrogens (tertiary/aromatic N) is 4. The first-order valence-corrected chi connectivity index (χ1v) is 8.08. The molecule has 8 nitrogen and oxygen atoms in total. The van der Waals surface area contributed by atoms with E-state index in [1.807, 2.05) is 7.05 Å². The summed E-state index contributed by atoms with van der Waals surface area (Å²) < 4.78 is 6.23. The summed E-state index contributed by atoms with van der Waals surface area (Å²) in [7, 11) is 5.19. The zero-order valence-corrected chi connectivity index (χ0v) is 14.5. The molecule has 1 aromatic heterocycles. The van der Waals surface area contributed by atoms with Gasteiger partial charge in [0.15, 0.2) is 0 Å². The van der Waals surface area contributed by atoms with Crippen molar-refractivity contribution in [3.63, 3.8) is 0 Å². The zero-order valence-electron chi connectivity index (χ0n) is 14.5. The second-order valence-corrected chi connectivity index (χ2v) is 6.35. The Labute approximate surface area is 141 Å². The molecule has 2 rings (SSSR count). The Balaban J connectivity index is 2.03. The lowest BCUT2D eigenvalue weighted by molar-refractivity contribution is 0.0770. The SMILES string of the molecule is COCCN(C)CC1CN(C(=O)c2ccc(=O)n(C)n2)CC1CO. The van der Waals surface area contributed by atoms with Crippen LogP contribution in [0.25, 0.3) is 0 Å². The molecular weight excluding hydrogens is 312 g/mol. The first-order chi connectivity index (χ1) is 11.5. The number of aromatic nitrogens is 2. The molecule has 1 aromatic rings. The lowest BCUT2D eigenvalue weighted by atomic mass is 9.96. The first kappa shape index (κ1) is 18.6. The van der Waals surface area contributed by atoms with Crippen LogP contribution in [0.4, 0.5) is 0 Å². The quantitative estimate of drug-likeness (QED) is 0.689. The molecule has 0 saturated carbocycles. The highest BCUT2D eigenvalue weighted by atomic mass is 16.5. The van der Waals surface area contributed by atoms with Gasteiger partial charge in [0.05, 0.1) is 6.61 Å². The second-order valence-electron chi connectivity index (χ2n) is 6.35. The van der Waals surface area contributed by atoms with E-state index in [1.165, 1.54) is 19.2 Å². The number of likely N-dealkylation sites (tertiary alicyclic amines) is 1. The summed E-state index contributed by atoms with van der Waals surface area (Å²) in [6.45, 7) is 3.37. The molecule has 2 unspecified atom stereocenters. The summed E-state index contributed by atoms with van der Waals surface area (Å²) in [5.41, 5.74) is 0.000952. The summed E-state index contributed by atoms with van der Waals surface area (Å²) in [6, 6.07) is 2.80. The number of carbonyl (C=O) groups is 1. The van der Waals surface area contributed by atoms with Gasteiger partial charge in [-0.3, -0.25) is 9.59 Å². The standard InChI is InChI=1S/C16H26N4O4/c1-18(6-7-24-3)8-12-9-20(10-13(12)11-21)16(23)14-4-5-15(22)19(2)17-14/h4-5,12-13,21H,6-11H2,1-3H3. The molecule has 2 atom stereocenters. The molecule has 0 bridgehead atoms. The fourth-order valence-corrected chi connectivity index (χ4v) is 3.04. The number of ether oxygens (including phenoxy) is 1. The Morgan fingerprint density at radius 1 is 1.42 bits per heavy atom. The Morgan fingerprint density at radius 3 is 2.75 bits per heavy atom. The minimum absolute atomic E-state index is 0.0477. The van der Waals surface area contributed by atoms with Crippen molar-refractivity contribution in [2.75, 3.05) is 53.6 Å². The summed E-state index contributed by atoms with van der Waals surface area (Å²) >= 11 is 0. The molecule has 1 aliphatic heterocycles. The van der Waals surface area contributed by atoms with Crippen molar-refractivity contribution in [1.29, 1.82) is 0 Å². The summed E-state index contributed by atoms with van der Waals surface area (Å²) in [5, 5.41) is 13.7. The van der Waals surface area contributed by atoms with Crippen LogP contribution in [0.2, 0.25) is 0 Å². The maximum atomic E-state index is 12.6. The van der Waals surface area contributed by atoms with Crippen molar-refractivity contribution in [3.05, 3.63) is 28.2 Å². The van der Waals surface area contributed by atoms with E-state index in [0.717, 1.165) is 17.8 Å². The van der Waals surface area contributed by atoms with E-state index in [1.54, 1.807) is 12.0 Å².